The van der Waals surface area contributed by atoms with Gasteiger partial charge >= 0.3 is 5.69 Å². The summed E-state index contributed by atoms with van der Waals surface area (Å²) in [5.41, 5.74) is 0.211. The molecule has 0 aliphatic carbocycles. The van der Waals surface area contributed by atoms with Crippen molar-refractivity contribution in [2.75, 3.05) is 39.9 Å². The molecule has 0 N–H and O–H groups in total. The van der Waals surface area contributed by atoms with Crippen LogP contribution in [0.3, 0.4) is 0 Å². The zero-order chi connectivity index (χ0) is 22.0. The minimum atomic E-state index is -0.377. The van der Waals surface area contributed by atoms with Crippen molar-refractivity contribution < 1.29 is 9.53 Å². The van der Waals surface area contributed by atoms with Gasteiger partial charge in [-0.15, -0.1) is 0 Å². The molecule has 0 unspecified atom stereocenters. The number of hydrogen-bond donors (Lipinski definition) is 0. The fraction of sp³-hybridized carbons (Fsp3) is 0.700. The van der Waals surface area contributed by atoms with Gasteiger partial charge in [-0.05, 0) is 12.3 Å². The van der Waals surface area contributed by atoms with E-state index in [4.69, 9.17) is 9.72 Å². The molecule has 1 amide bonds. The van der Waals surface area contributed by atoms with Gasteiger partial charge in [0.25, 0.3) is 5.56 Å². The van der Waals surface area contributed by atoms with Crippen LogP contribution in [0, 0.1) is 5.92 Å². The van der Waals surface area contributed by atoms with Crippen molar-refractivity contribution in [1.82, 2.24) is 28.5 Å². The van der Waals surface area contributed by atoms with Gasteiger partial charge in [0, 0.05) is 53.9 Å². The first-order valence-corrected chi connectivity index (χ1v) is 10.4. The fourth-order valence-electron chi connectivity index (χ4n) is 3.81. The van der Waals surface area contributed by atoms with Gasteiger partial charge in [0.1, 0.15) is 12.4 Å². The standard InChI is InChI=1S/C20H32N6O4/c1-14(2)6-7-26-15(12-24-8-10-25(11-9-24)16(27)13-30-5)21-18-17(26)19(28)23(4)20(29)22(18)3/h14H,6-13H2,1-5H3. The molecule has 0 atom stereocenters. The lowest BCUT2D eigenvalue weighted by Gasteiger charge is -2.34. The summed E-state index contributed by atoms with van der Waals surface area (Å²) in [5, 5.41) is 0. The van der Waals surface area contributed by atoms with Crippen molar-refractivity contribution in [1.29, 1.82) is 0 Å². The number of carbonyl (C=O) groups excluding carboxylic acids is 1. The average Bonchev–Trinajstić information content (AvgIpc) is 3.08. The number of rotatable bonds is 7. The maximum atomic E-state index is 12.9. The van der Waals surface area contributed by atoms with Crippen molar-refractivity contribution in [2.24, 2.45) is 20.0 Å². The van der Waals surface area contributed by atoms with Crippen LogP contribution in [0.2, 0.25) is 0 Å². The van der Waals surface area contributed by atoms with Gasteiger partial charge in [-0.3, -0.25) is 23.6 Å². The summed E-state index contributed by atoms with van der Waals surface area (Å²) in [6.45, 7) is 8.33. The number of hydrogen-bond acceptors (Lipinski definition) is 6. The molecule has 2 aromatic rings. The first kappa shape index (κ1) is 22.2. The lowest BCUT2D eigenvalue weighted by Crippen LogP contribution is -2.49. The van der Waals surface area contributed by atoms with E-state index >= 15 is 0 Å². The summed E-state index contributed by atoms with van der Waals surface area (Å²) < 4.78 is 9.49. The van der Waals surface area contributed by atoms with Gasteiger partial charge in [-0.1, -0.05) is 13.8 Å². The molecule has 10 nitrogen and oxygen atoms in total. The molecule has 1 saturated heterocycles. The van der Waals surface area contributed by atoms with E-state index in [-0.39, 0.29) is 23.8 Å². The quantitative estimate of drug-likeness (QED) is 0.614. The average molecular weight is 421 g/mol. The van der Waals surface area contributed by atoms with Crippen molar-refractivity contribution in [2.45, 2.75) is 33.4 Å². The highest BCUT2D eigenvalue weighted by Crippen LogP contribution is 2.16. The molecule has 0 bridgehead atoms. The lowest BCUT2D eigenvalue weighted by molar-refractivity contribution is -0.136. The highest BCUT2D eigenvalue weighted by molar-refractivity contribution is 5.77. The van der Waals surface area contributed by atoms with E-state index in [9.17, 15) is 14.4 Å². The molecule has 3 heterocycles. The van der Waals surface area contributed by atoms with E-state index in [0.717, 1.165) is 29.9 Å². The Hall–Kier alpha value is -2.46. The van der Waals surface area contributed by atoms with Gasteiger partial charge in [-0.2, -0.15) is 0 Å². The molecular weight excluding hydrogens is 388 g/mol. The van der Waals surface area contributed by atoms with Gasteiger partial charge in [-0.25, -0.2) is 9.78 Å². The number of aromatic nitrogens is 4. The molecule has 1 aliphatic rings. The van der Waals surface area contributed by atoms with Crippen molar-refractivity contribution in [3.8, 4) is 0 Å². The number of methoxy groups -OCH3 is 1. The third-order valence-electron chi connectivity index (χ3n) is 5.71. The number of piperazine rings is 1. The first-order valence-electron chi connectivity index (χ1n) is 10.4. The van der Waals surface area contributed by atoms with Crippen molar-refractivity contribution in [3.63, 3.8) is 0 Å². The molecule has 1 fully saturated rings. The predicted molar refractivity (Wildman–Crippen MR) is 113 cm³/mol. The van der Waals surface area contributed by atoms with Gasteiger partial charge in [0.15, 0.2) is 11.2 Å². The summed E-state index contributed by atoms with van der Waals surface area (Å²) >= 11 is 0. The molecule has 166 valence electrons. The van der Waals surface area contributed by atoms with Crippen LogP contribution in [0.5, 0.6) is 0 Å². The van der Waals surface area contributed by atoms with E-state index in [2.05, 4.69) is 18.7 Å². The Morgan fingerprint density at radius 2 is 1.77 bits per heavy atom. The molecule has 1 aliphatic heterocycles. The maximum Gasteiger partial charge on any atom is 0.332 e. The zero-order valence-electron chi connectivity index (χ0n) is 18.6. The topological polar surface area (TPSA) is 94.6 Å². The number of imidazole rings is 1. The number of fused-ring (bicyclic) bond motifs is 1. The largest absolute Gasteiger partial charge is 0.375 e. The minimum absolute atomic E-state index is 0.000168. The maximum absolute atomic E-state index is 12.9. The Morgan fingerprint density at radius 1 is 1.10 bits per heavy atom. The number of nitrogens with zero attached hydrogens (tertiary/aromatic N) is 6. The van der Waals surface area contributed by atoms with Gasteiger partial charge in [0.05, 0.1) is 6.54 Å². The normalized spacial score (nSPS) is 15.5. The third kappa shape index (κ3) is 4.34. The number of aryl methyl sites for hydroxylation is 2. The van der Waals surface area contributed by atoms with E-state index in [1.807, 2.05) is 4.57 Å². The smallest absolute Gasteiger partial charge is 0.332 e. The SMILES string of the molecule is COCC(=O)N1CCN(Cc2nc3c(c(=O)n(C)c(=O)n3C)n2CCC(C)C)CC1. The molecule has 0 aromatic carbocycles. The predicted octanol–water partition coefficient (Wildman–Crippen LogP) is -0.230. The third-order valence-corrected chi connectivity index (χ3v) is 5.71. The highest BCUT2D eigenvalue weighted by Gasteiger charge is 2.24. The van der Waals surface area contributed by atoms with Crippen LogP contribution < -0.4 is 11.2 Å². The second-order valence-electron chi connectivity index (χ2n) is 8.33. The van der Waals surface area contributed by atoms with Crippen LogP contribution in [0.15, 0.2) is 9.59 Å². The number of carbonyl (C=O) groups is 1. The Morgan fingerprint density at radius 3 is 2.37 bits per heavy atom. The summed E-state index contributed by atoms with van der Waals surface area (Å²) in [4.78, 5) is 46.0. The second kappa shape index (κ2) is 9.13. The number of ether oxygens (including phenoxy) is 1. The summed E-state index contributed by atoms with van der Waals surface area (Å²) in [6.07, 6.45) is 0.907. The van der Waals surface area contributed by atoms with E-state index < -0.39 is 0 Å². The zero-order valence-corrected chi connectivity index (χ0v) is 18.6. The fourth-order valence-corrected chi connectivity index (χ4v) is 3.81. The number of amides is 1. The molecular formula is C20H32N6O4. The van der Waals surface area contributed by atoms with Crippen LogP contribution in [-0.4, -0.2) is 74.3 Å². The van der Waals surface area contributed by atoms with Crippen LogP contribution in [0.25, 0.3) is 11.2 Å². The molecule has 30 heavy (non-hydrogen) atoms. The van der Waals surface area contributed by atoms with E-state index in [1.165, 1.54) is 18.7 Å². The van der Waals surface area contributed by atoms with E-state index in [1.54, 1.807) is 11.9 Å². The molecule has 0 radical (unpaired) electrons. The van der Waals surface area contributed by atoms with Crippen LogP contribution in [-0.2, 0) is 36.7 Å². The van der Waals surface area contributed by atoms with Crippen LogP contribution >= 0.6 is 0 Å². The second-order valence-corrected chi connectivity index (χ2v) is 8.33. The van der Waals surface area contributed by atoms with E-state index in [0.29, 0.717) is 43.3 Å². The Labute approximate surface area is 175 Å². The minimum Gasteiger partial charge on any atom is -0.375 e. The monoisotopic (exact) mass is 420 g/mol. The van der Waals surface area contributed by atoms with Crippen molar-refractivity contribution >= 4 is 17.1 Å². The summed E-state index contributed by atoms with van der Waals surface area (Å²) in [7, 11) is 4.67. The van der Waals surface area contributed by atoms with Crippen LogP contribution in [0.4, 0.5) is 0 Å². The molecule has 3 rings (SSSR count). The highest BCUT2D eigenvalue weighted by atomic mass is 16.5. The Balaban J connectivity index is 1.90. The molecule has 2 aromatic heterocycles. The molecule has 0 spiro atoms. The summed E-state index contributed by atoms with van der Waals surface area (Å²) in [6, 6.07) is 0. The molecule has 10 heteroatoms. The lowest BCUT2D eigenvalue weighted by atomic mass is 10.1. The van der Waals surface area contributed by atoms with Crippen molar-refractivity contribution in [3.05, 3.63) is 26.7 Å². The van der Waals surface area contributed by atoms with Gasteiger partial charge in [0.2, 0.25) is 5.91 Å². The summed E-state index contributed by atoms with van der Waals surface area (Å²) in [5.74, 6) is 1.25. The van der Waals surface area contributed by atoms with Crippen LogP contribution in [0.1, 0.15) is 26.1 Å². The first-order chi connectivity index (χ1) is 14.2. The van der Waals surface area contributed by atoms with Gasteiger partial charge < -0.3 is 14.2 Å². The Bertz CT molecular complexity index is 1030. The Kier molecular flexibility index (Phi) is 6.77. The molecule has 0 saturated carbocycles.